The maximum Gasteiger partial charge on any atom is 0.161 e. The molecule has 0 bridgehead atoms. The molecule has 1 heterocycles. The number of benzene rings is 2. The maximum atomic E-state index is 13.5. The Morgan fingerprint density at radius 1 is 1.00 bits per heavy atom. The second kappa shape index (κ2) is 5.33. The van der Waals surface area contributed by atoms with Crippen LogP contribution in [-0.4, -0.2) is 4.98 Å². The molecule has 0 fully saturated rings. The van der Waals surface area contributed by atoms with E-state index >= 15 is 0 Å². The highest BCUT2D eigenvalue weighted by molar-refractivity contribution is 6.36. The highest BCUT2D eigenvalue weighted by atomic mass is 35.5. The number of hydrogen-bond acceptors (Lipinski definition) is 1. The van der Waals surface area contributed by atoms with Gasteiger partial charge in [0.1, 0.15) is 5.82 Å². The molecule has 2 nitrogen and oxygen atoms in total. The highest BCUT2D eigenvalue weighted by Gasteiger charge is 2.12. The van der Waals surface area contributed by atoms with Crippen molar-refractivity contribution < 1.29 is 13.2 Å². The van der Waals surface area contributed by atoms with Gasteiger partial charge in [0.25, 0.3) is 0 Å². The molecule has 0 unspecified atom stereocenters. The zero-order valence-electron chi connectivity index (χ0n) is 10.7. The van der Waals surface area contributed by atoms with Crippen LogP contribution in [0.15, 0.2) is 36.4 Å². The lowest BCUT2D eigenvalue weighted by atomic mass is 10.2. The van der Waals surface area contributed by atoms with Crippen molar-refractivity contribution in [3.05, 3.63) is 64.6 Å². The number of aromatic amines is 1. The van der Waals surface area contributed by atoms with Crippen LogP contribution in [0.5, 0.6) is 0 Å². The first-order valence-electron chi connectivity index (χ1n) is 6.20. The van der Waals surface area contributed by atoms with Gasteiger partial charge in [-0.1, -0.05) is 29.8 Å². The number of hydrogen-bond donors (Lipinski definition) is 2. The summed E-state index contributed by atoms with van der Waals surface area (Å²) in [6.45, 7) is 0.162. The summed E-state index contributed by atoms with van der Waals surface area (Å²) in [6, 6.07) is 8.72. The Morgan fingerprint density at radius 2 is 1.71 bits per heavy atom. The van der Waals surface area contributed by atoms with E-state index in [0.29, 0.717) is 16.8 Å². The Balaban J connectivity index is 1.87. The number of rotatable bonds is 3. The zero-order chi connectivity index (χ0) is 15.0. The lowest BCUT2D eigenvalue weighted by molar-refractivity contribution is 0.496. The Morgan fingerprint density at radius 3 is 2.48 bits per heavy atom. The van der Waals surface area contributed by atoms with Crippen molar-refractivity contribution >= 4 is 28.2 Å². The normalized spacial score (nSPS) is 11.0. The molecule has 3 aromatic rings. The lowest BCUT2D eigenvalue weighted by Gasteiger charge is -2.07. The van der Waals surface area contributed by atoms with Crippen LogP contribution in [0.4, 0.5) is 18.9 Å². The van der Waals surface area contributed by atoms with Crippen LogP contribution in [0.3, 0.4) is 0 Å². The molecule has 2 aromatic carbocycles. The fourth-order valence-corrected chi connectivity index (χ4v) is 2.41. The second-order valence-corrected chi connectivity index (χ2v) is 4.94. The largest absolute Gasteiger partial charge is 0.377 e. The molecule has 21 heavy (non-hydrogen) atoms. The predicted octanol–water partition coefficient (Wildman–Crippen LogP) is 4.85. The van der Waals surface area contributed by atoms with E-state index in [0.717, 1.165) is 17.0 Å². The third-order valence-corrected chi connectivity index (χ3v) is 3.61. The van der Waals surface area contributed by atoms with Crippen molar-refractivity contribution in [3.8, 4) is 0 Å². The molecule has 0 aliphatic carbocycles. The number of fused-ring (bicyclic) bond motifs is 1. The minimum atomic E-state index is -1.22. The van der Waals surface area contributed by atoms with E-state index in [1.165, 1.54) is 0 Å². The fraction of sp³-hybridized carbons (Fsp3) is 0.0667. The molecule has 0 amide bonds. The second-order valence-electron chi connectivity index (χ2n) is 4.56. The van der Waals surface area contributed by atoms with Crippen LogP contribution < -0.4 is 5.32 Å². The van der Waals surface area contributed by atoms with Gasteiger partial charge in [-0.25, -0.2) is 13.2 Å². The first-order chi connectivity index (χ1) is 10.1. The van der Waals surface area contributed by atoms with E-state index in [9.17, 15) is 13.2 Å². The van der Waals surface area contributed by atoms with Crippen molar-refractivity contribution in [2.75, 3.05) is 5.32 Å². The number of para-hydroxylation sites is 1. The average molecular weight is 311 g/mol. The van der Waals surface area contributed by atoms with Crippen LogP contribution in [0.1, 0.15) is 5.69 Å². The zero-order valence-corrected chi connectivity index (χ0v) is 11.4. The Labute approximate surface area is 123 Å². The minimum absolute atomic E-state index is 0.122. The van der Waals surface area contributed by atoms with Crippen molar-refractivity contribution in [1.29, 1.82) is 0 Å². The molecule has 0 aliphatic heterocycles. The minimum Gasteiger partial charge on any atom is -0.377 e. The number of aromatic nitrogens is 1. The molecular weight excluding hydrogens is 301 g/mol. The predicted molar refractivity (Wildman–Crippen MR) is 77.0 cm³/mol. The number of halogens is 4. The molecule has 0 aliphatic rings. The molecule has 1 aromatic heterocycles. The molecule has 6 heteroatoms. The summed E-state index contributed by atoms with van der Waals surface area (Å²) >= 11 is 6.22. The number of anilines is 1. The lowest BCUT2D eigenvalue weighted by Crippen LogP contribution is -2.03. The van der Waals surface area contributed by atoms with Crippen LogP contribution in [0, 0.1) is 17.5 Å². The third-order valence-electron chi connectivity index (χ3n) is 3.18. The van der Waals surface area contributed by atoms with Crippen LogP contribution >= 0.6 is 11.6 Å². The van der Waals surface area contributed by atoms with Crippen molar-refractivity contribution in [2.45, 2.75) is 6.54 Å². The maximum absolute atomic E-state index is 13.5. The summed E-state index contributed by atoms with van der Waals surface area (Å²) in [5.74, 6) is -3.19. The first kappa shape index (κ1) is 13.8. The fourth-order valence-electron chi connectivity index (χ4n) is 2.13. The number of H-pyrrole nitrogens is 1. The van der Waals surface area contributed by atoms with Gasteiger partial charge < -0.3 is 10.3 Å². The summed E-state index contributed by atoms with van der Waals surface area (Å²) in [5.41, 5.74) is 1.37. The molecule has 0 saturated heterocycles. The molecule has 108 valence electrons. The van der Waals surface area contributed by atoms with Crippen LogP contribution in [0.2, 0.25) is 5.02 Å². The quantitative estimate of drug-likeness (QED) is 0.665. The summed E-state index contributed by atoms with van der Waals surface area (Å²) in [6.07, 6.45) is 0. The van der Waals surface area contributed by atoms with Gasteiger partial charge in [-0.15, -0.1) is 0 Å². The summed E-state index contributed by atoms with van der Waals surface area (Å²) < 4.78 is 39.5. The number of nitrogens with one attached hydrogen (secondary N) is 2. The van der Waals surface area contributed by atoms with Gasteiger partial charge in [0.2, 0.25) is 0 Å². The van der Waals surface area contributed by atoms with Gasteiger partial charge in [0.15, 0.2) is 11.6 Å². The molecule has 0 radical (unpaired) electrons. The summed E-state index contributed by atoms with van der Waals surface area (Å²) in [4.78, 5) is 3.09. The average Bonchev–Trinajstić information content (AvgIpc) is 2.79. The van der Waals surface area contributed by atoms with E-state index in [1.807, 2.05) is 24.3 Å². The van der Waals surface area contributed by atoms with Crippen LogP contribution in [0.25, 0.3) is 10.9 Å². The van der Waals surface area contributed by atoms with Gasteiger partial charge in [-0.3, -0.25) is 0 Å². The van der Waals surface area contributed by atoms with Crippen LogP contribution in [-0.2, 0) is 6.54 Å². The SMILES string of the molecule is Fc1cc(F)c(NCc2[nH]c3ccccc3c2Cl)cc1F. The van der Waals surface area contributed by atoms with Crippen molar-refractivity contribution in [1.82, 2.24) is 4.98 Å². The van der Waals surface area contributed by atoms with Crippen molar-refractivity contribution in [3.63, 3.8) is 0 Å². The molecular formula is C15H10ClF3N2. The molecule has 0 spiro atoms. The third kappa shape index (κ3) is 2.56. The smallest absolute Gasteiger partial charge is 0.161 e. The summed E-state index contributed by atoms with van der Waals surface area (Å²) in [7, 11) is 0. The summed E-state index contributed by atoms with van der Waals surface area (Å²) in [5, 5.41) is 4.07. The Kier molecular flexibility index (Phi) is 3.51. The van der Waals surface area contributed by atoms with Gasteiger partial charge in [0, 0.05) is 23.0 Å². The van der Waals surface area contributed by atoms with E-state index in [1.54, 1.807) is 0 Å². The van der Waals surface area contributed by atoms with E-state index in [-0.39, 0.29) is 12.2 Å². The standard InChI is InChI=1S/C15H10ClF3N2/c16-15-8-3-1-2-4-12(8)21-14(15)7-20-13-6-10(18)9(17)5-11(13)19/h1-6,20-21H,7H2. The topological polar surface area (TPSA) is 27.8 Å². The molecule has 3 rings (SSSR count). The first-order valence-corrected chi connectivity index (χ1v) is 6.57. The highest BCUT2D eigenvalue weighted by Crippen LogP contribution is 2.28. The molecule has 0 saturated carbocycles. The van der Waals surface area contributed by atoms with Gasteiger partial charge in [0.05, 0.1) is 22.9 Å². The Hall–Kier alpha value is -2.14. The van der Waals surface area contributed by atoms with Gasteiger partial charge >= 0.3 is 0 Å². The van der Waals surface area contributed by atoms with E-state index < -0.39 is 17.5 Å². The van der Waals surface area contributed by atoms with E-state index in [4.69, 9.17) is 11.6 Å². The van der Waals surface area contributed by atoms with Crippen molar-refractivity contribution in [2.24, 2.45) is 0 Å². The van der Waals surface area contributed by atoms with Gasteiger partial charge in [-0.2, -0.15) is 0 Å². The molecule has 0 atom stereocenters. The monoisotopic (exact) mass is 310 g/mol. The van der Waals surface area contributed by atoms with Gasteiger partial charge in [-0.05, 0) is 6.07 Å². The Bertz CT molecular complexity index is 814. The van der Waals surface area contributed by atoms with E-state index in [2.05, 4.69) is 10.3 Å². The molecule has 2 N–H and O–H groups in total.